The van der Waals surface area contributed by atoms with E-state index in [4.69, 9.17) is 13.9 Å². The van der Waals surface area contributed by atoms with Gasteiger partial charge in [0.15, 0.2) is 16.9 Å². The summed E-state index contributed by atoms with van der Waals surface area (Å²) >= 11 is 0. The highest BCUT2D eigenvalue weighted by molar-refractivity contribution is 6.10. The Labute approximate surface area is 190 Å². The van der Waals surface area contributed by atoms with Gasteiger partial charge < -0.3 is 13.9 Å². The summed E-state index contributed by atoms with van der Waals surface area (Å²) in [5, 5.41) is 0.424. The monoisotopic (exact) mass is 442 g/mol. The molecule has 0 radical (unpaired) electrons. The van der Waals surface area contributed by atoms with Crippen molar-refractivity contribution in [1.82, 2.24) is 4.98 Å². The van der Waals surface area contributed by atoms with Crippen molar-refractivity contribution >= 4 is 22.7 Å². The number of benzene rings is 2. The molecule has 1 atom stereocenters. The molecule has 166 valence electrons. The van der Waals surface area contributed by atoms with Crippen LogP contribution in [0.4, 0.5) is 5.82 Å². The van der Waals surface area contributed by atoms with Gasteiger partial charge in [0.05, 0.1) is 30.2 Å². The van der Waals surface area contributed by atoms with Crippen LogP contribution in [0.3, 0.4) is 0 Å². The molecule has 0 saturated heterocycles. The molecule has 0 aliphatic carbocycles. The lowest BCUT2D eigenvalue weighted by atomic mass is 9.98. The summed E-state index contributed by atoms with van der Waals surface area (Å²) in [6, 6.07) is 17.0. The van der Waals surface area contributed by atoms with Crippen LogP contribution in [0.2, 0.25) is 0 Å². The molecule has 0 saturated carbocycles. The smallest absolute Gasteiger partial charge is 0.296 e. The second-order valence-corrected chi connectivity index (χ2v) is 7.51. The zero-order valence-electron chi connectivity index (χ0n) is 18.3. The van der Waals surface area contributed by atoms with Gasteiger partial charge in [-0.05, 0) is 55.8 Å². The molecule has 7 nitrogen and oxygen atoms in total. The van der Waals surface area contributed by atoms with Crippen molar-refractivity contribution < 1.29 is 18.7 Å². The van der Waals surface area contributed by atoms with E-state index in [1.807, 2.05) is 26.0 Å². The fourth-order valence-electron chi connectivity index (χ4n) is 4.21. The SMILES string of the molecule is CCOc1ccc(C2c3c(oc4ccccc4c3=O)C(=O)N2c2ccccn2)cc1OCC. The zero-order valence-corrected chi connectivity index (χ0v) is 18.3. The molecular formula is C26H22N2O5. The van der Waals surface area contributed by atoms with Crippen LogP contribution in [-0.4, -0.2) is 24.1 Å². The third-order valence-corrected chi connectivity index (χ3v) is 5.56. The molecule has 7 heteroatoms. The fraction of sp³-hybridized carbons (Fsp3) is 0.192. The molecule has 1 aliphatic heterocycles. The Morgan fingerprint density at radius 3 is 2.45 bits per heavy atom. The number of fused-ring (bicyclic) bond motifs is 2. The van der Waals surface area contributed by atoms with Crippen LogP contribution in [0.15, 0.2) is 76.1 Å². The van der Waals surface area contributed by atoms with Crippen LogP contribution in [0.1, 0.15) is 41.6 Å². The minimum absolute atomic E-state index is 0.0289. The van der Waals surface area contributed by atoms with E-state index >= 15 is 0 Å². The van der Waals surface area contributed by atoms with E-state index in [0.29, 0.717) is 47.1 Å². The lowest BCUT2D eigenvalue weighted by Gasteiger charge is -2.25. The van der Waals surface area contributed by atoms with Crippen LogP contribution in [-0.2, 0) is 0 Å². The van der Waals surface area contributed by atoms with Gasteiger partial charge in [0, 0.05) is 6.20 Å². The first-order chi connectivity index (χ1) is 16.1. The Balaban J connectivity index is 1.77. The number of aromatic nitrogens is 1. The first-order valence-electron chi connectivity index (χ1n) is 10.8. The largest absolute Gasteiger partial charge is 0.490 e. The molecule has 0 bridgehead atoms. The highest BCUT2D eigenvalue weighted by atomic mass is 16.5. The number of carbonyl (C=O) groups is 1. The molecular weight excluding hydrogens is 420 g/mol. The molecule has 0 fully saturated rings. The van der Waals surface area contributed by atoms with E-state index in [-0.39, 0.29) is 16.8 Å². The van der Waals surface area contributed by atoms with Gasteiger partial charge in [0.25, 0.3) is 5.91 Å². The van der Waals surface area contributed by atoms with Gasteiger partial charge in [-0.15, -0.1) is 0 Å². The molecule has 4 aromatic rings. The number of pyridine rings is 1. The maximum Gasteiger partial charge on any atom is 0.296 e. The van der Waals surface area contributed by atoms with Crippen molar-refractivity contribution in [3.05, 3.63) is 94.0 Å². The number of para-hydroxylation sites is 1. The molecule has 2 aromatic carbocycles. The second-order valence-electron chi connectivity index (χ2n) is 7.51. The van der Waals surface area contributed by atoms with Crippen molar-refractivity contribution in [3.63, 3.8) is 0 Å². The molecule has 1 amide bonds. The third-order valence-electron chi connectivity index (χ3n) is 5.56. The Morgan fingerprint density at radius 2 is 1.70 bits per heavy atom. The van der Waals surface area contributed by atoms with Gasteiger partial charge in [-0.3, -0.25) is 14.5 Å². The number of hydrogen-bond acceptors (Lipinski definition) is 6. The van der Waals surface area contributed by atoms with Crippen molar-refractivity contribution in [3.8, 4) is 11.5 Å². The summed E-state index contributed by atoms with van der Waals surface area (Å²) in [7, 11) is 0. The van der Waals surface area contributed by atoms with Gasteiger partial charge in [-0.2, -0.15) is 0 Å². The van der Waals surface area contributed by atoms with E-state index in [9.17, 15) is 9.59 Å². The van der Waals surface area contributed by atoms with Gasteiger partial charge in [-0.1, -0.05) is 24.3 Å². The standard InChI is InChI=1S/C26H22N2O5/c1-3-31-19-13-12-16(15-20(19)32-4-2)23-22-24(29)17-9-5-6-10-18(17)33-25(22)26(30)28(23)21-11-7-8-14-27-21/h5-15,23H,3-4H2,1-2H3. The molecule has 0 spiro atoms. The topological polar surface area (TPSA) is 81.9 Å². The van der Waals surface area contributed by atoms with Crippen LogP contribution in [0, 0.1) is 0 Å². The highest BCUT2D eigenvalue weighted by Gasteiger charge is 2.44. The Bertz CT molecular complexity index is 1400. The molecule has 1 aliphatic rings. The van der Waals surface area contributed by atoms with E-state index < -0.39 is 11.9 Å². The van der Waals surface area contributed by atoms with Crippen molar-refractivity contribution in [2.75, 3.05) is 18.1 Å². The summed E-state index contributed by atoms with van der Waals surface area (Å²) in [4.78, 5) is 33.0. The van der Waals surface area contributed by atoms with Gasteiger partial charge in [0.1, 0.15) is 11.4 Å². The fourth-order valence-corrected chi connectivity index (χ4v) is 4.21. The van der Waals surface area contributed by atoms with Crippen molar-refractivity contribution in [2.45, 2.75) is 19.9 Å². The average molecular weight is 442 g/mol. The number of rotatable bonds is 6. The van der Waals surface area contributed by atoms with Crippen molar-refractivity contribution in [1.29, 1.82) is 0 Å². The van der Waals surface area contributed by atoms with Crippen molar-refractivity contribution in [2.24, 2.45) is 0 Å². The van der Waals surface area contributed by atoms with E-state index in [2.05, 4.69) is 4.98 Å². The van der Waals surface area contributed by atoms with Crippen LogP contribution < -0.4 is 19.8 Å². The second kappa shape index (κ2) is 8.43. The molecule has 0 N–H and O–H groups in total. The lowest BCUT2D eigenvalue weighted by molar-refractivity contribution is 0.0970. The van der Waals surface area contributed by atoms with Gasteiger partial charge >= 0.3 is 0 Å². The number of hydrogen-bond donors (Lipinski definition) is 0. The number of anilines is 1. The van der Waals surface area contributed by atoms with E-state index in [1.54, 1.807) is 54.7 Å². The van der Waals surface area contributed by atoms with Gasteiger partial charge in [0.2, 0.25) is 5.76 Å². The number of nitrogens with zero attached hydrogens (tertiary/aromatic N) is 2. The van der Waals surface area contributed by atoms with Crippen LogP contribution in [0.5, 0.6) is 11.5 Å². The number of carbonyl (C=O) groups excluding carboxylic acids is 1. The first-order valence-corrected chi connectivity index (χ1v) is 10.8. The number of ether oxygens (including phenoxy) is 2. The summed E-state index contributed by atoms with van der Waals surface area (Å²) in [5.41, 5.74) is 1.12. The maximum absolute atomic E-state index is 13.6. The summed E-state index contributed by atoms with van der Waals surface area (Å²) in [6.45, 7) is 4.71. The Hall–Kier alpha value is -4.13. The van der Waals surface area contributed by atoms with E-state index in [0.717, 1.165) is 0 Å². The molecule has 5 rings (SSSR count). The quantitative estimate of drug-likeness (QED) is 0.429. The molecule has 33 heavy (non-hydrogen) atoms. The maximum atomic E-state index is 13.6. The zero-order chi connectivity index (χ0) is 22.9. The molecule has 3 heterocycles. The summed E-state index contributed by atoms with van der Waals surface area (Å²) in [6.07, 6.45) is 1.61. The predicted octanol–water partition coefficient (Wildman–Crippen LogP) is 4.74. The molecule has 1 unspecified atom stereocenters. The first kappa shape index (κ1) is 20.8. The van der Waals surface area contributed by atoms with Gasteiger partial charge in [-0.25, -0.2) is 4.98 Å². The predicted molar refractivity (Wildman–Crippen MR) is 124 cm³/mol. The van der Waals surface area contributed by atoms with Crippen LogP contribution >= 0.6 is 0 Å². The third kappa shape index (κ3) is 3.42. The average Bonchev–Trinajstić information content (AvgIpc) is 3.14. The normalized spacial score (nSPS) is 15.0. The minimum atomic E-state index is -0.724. The molecule has 2 aromatic heterocycles. The highest BCUT2D eigenvalue weighted by Crippen LogP contribution is 2.42. The Morgan fingerprint density at radius 1 is 0.939 bits per heavy atom. The van der Waals surface area contributed by atoms with E-state index in [1.165, 1.54) is 4.90 Å². The lowest BCUT2D eigenvalue weighted by Crippen LogP contribution is -2.30. The Kier molecular flexibility index (Phi) is 5.30. The minimum Gasteiger partial charge on any atom is -0.490 e. The number of amides is 1. The summed E-state index contributed by atoms with van der Waals surface area (Å²) in [5.74, 6) is 1.19. The summed E-state index contributed by atoms with van der Waals surface area (Å²) < 4.78 is 17.5. The van der Waals surface area contributed by atoms with Crippen LogP contribution in [0.25, 0.3) is 11.0 Å².